The van der Waals surface area contributed by atoms with Crippen molar-refractivity contribution in [2.75, 3.05) is 0 Å². The number of fused-ring (bicyclic) bond motifs is 1. The van der Waals surface area contributed by atoms with E-state index in [1.165, 1.54) is 6.39 Å². The molecule has 3 heterocycles. The zero-order chi connectivity index (χ0) is 14.3. The average molecular weight is 295 g/mol. The minimum atomic E-state index is -0.174. The van der Waals surface area contributed by atoms with Crippen LogP contribution < -0.4 is 0 Å². The third kappa shape index (κ3) is 2.07. The Morgan fingerprint density at radius 2 is 2.25 bits per heavy atom. The van der Waals surface area contributed by atoms with Gasteiger partial charge >= 0.3 is 0 Å². The molecule has 0 fully saturated rings. The third-order valence-corrected chi connectivity index (χ3v) is 3.44. The highest BCUT2D eigenvalue weighted by Crippen LogP contribution is 2.26. The minimum Gasteiger partial charge on any atom is -0.343 e. The number of hydrogen-bond acceptors (Lipinski definition) is 5. The van der Waals surface area contributed by atoms with Gasteiger partial charge in [0.15, 0.2) is 11.5 Å². The fourth-order valence-corrected chi connectivity index (χ4v) is 2.56. The third-order valence-electron chi connectivity index (χ3n) is 3.24. The van der Waals surface area contributed by atoms with Gasteiger partial charge in [-0.05, 0) is 13.8 Å². The Morgan fingerprint density at radius 3 is 2.90 bits per heavy atom. The Hall–Kier alpha value is -1.89. The summed E-state index contributed by atoms with van der Waals surface area (Å²) in [6.07, 6.45) is 1.99. The maximum absolute atomic E-state index is 6.24. The molecule has 0 spiro atoms. The van der Waals surface area contributed by atoms with Crippen molar-refractivity contribution < 1.29 is 4.52 Å². The maximum atomic E-state index is 6.24. The summed E-state index contributed by atoms with van der Waals surface area (Å²) in [5.41, 5.74) is 2.76. The van der Waals surface area contributed by atoms with Crippen LogP contribution in [-0.4, -0.2) is 29.5 Å². The second-order valence-electron chi connectivity index (χ2n) is 4.72. The molecule has 1 unspecified atom stereocenters. The van der Waals surface area contributed by atoms with Gasteiger partial charge in [0.1, 0.15) is 11.3 Å². The van der Waals surface area contributed by atoms with Crippen LogP contribution >= 0.6 is 11.6 Å². The molecule has 0 aromatic carbocycles. The highest BCUT2D eigenvalue weighted by Gasteiger charge is 2.20. The van der Waals surface area contributed by atoms with E-state index in [1.54, 1.807) is 0 Å². The fourth-order valence-electron chi connectivity index (χ4n) is 2.39. The summed E-state index contributed by atoms with van der Waals surface area (Å²) in [5.74, 6) is 1.50. The van der Waals surface area contributed by atoms with Crippen LogP contribution in [0.3, 0.4) is 0 Å². The van der Waals surface area contributed by atoms with E-state index >= 15 is 0 Å². The molecule has 0 aliphatic carbocycles. The molecule has 0 radical (unpaired) electrons. The Balaban J connectivity index is 2.04. The first kappa shape index (κ1) is 13.1. The SMILES string of the molecule is Cc1nn(C)c2c1nc(C(C)Cl)n2CCc1ncon1. The lowest BCUT2D eigenvalue weighted by Gasteiger charge is -2.09. The number of alkyl halides is 1. The van der Waals surface area contributed by atoms with E-state index in [0.29, 0.717) is 18.8 Å². The molecular formula is C12H15ClN6O. The van der Waals surface area contributed by atoms with Gasteiger partial charge in [-0.3, -0.25) is 4.68 Å². The van der Waals surface area contributed by atoms with Crippen LogP contribution in [0.2, 0.25) is 0 Å². The van der Waals surface area contributed by atoms with Crippen LogP contribution in [0.15, 0.2) is 10.9 Å². The first-order valence-electron chi connectivity index (χ1n) is 6.37. The molecule has 0 bridgehead atoms. The van der Waals surface area contributed by atoms with Crippen LogP contribution in [0.1, 0.15) is 29.6 Å². The molecule has 0 aliphatic heterocycles. The van der Waals surface area contributed by atoms with Crippen molar-refractivity contribution in [3.63, 3.8) is 0 Å². The van der Waals surface area contributed by atoms with Crippen LogP contribution in [-0.2, 0) is 20.0 Å². The maximum Gasteiger partial charge on any atom is 0.213 e. The molecule has 0 N–H and O–H groups in total. The standard InChI is InChI=1S/C12H15ClN6O/c1-7(13)11-15-10-8(2)16-18(3)12(10)19(11)5-4-9-14-6-20-17-9/h6-7H,4-5H2,1-3H3. The van der Waals surface area contributed by atoms with Gasteiger partial charge < -0.3 is 9.09 Å². The van der Waals surface area contributed by atoms with Gasteiger partial charge in [0.05, 0.1) is 11.1 Å². The quantitative estimate of drug-likeness (QED) is 0.688. The number of aryl methyl sites for hydroxylation is 4. The molecular weight excluding hydrogens is 280 g/mol. The van der Waals surface area contributed by atoms with Crippen molar-refractivity contribution in [1.82, 2.24) is 29.5 Å². The normalized spacial score (nSPS) is 13.2. The molecule has 106 valence electrons. The van der Waals surface area contributed by atoms with E-state index in [9.17, 15) is 0 Å². The van der Waals surface area contributed by atoms with E-state index < -0.39 is 0 Å². The summed E-state index contributed by atoms with van der Waals surface area (Å²) in [4.78, 5) is 8.65. The molecule has 20 heavy (non-hydrogen) atoms. The predicted octanol–water partition coefficient (Wildman–Crippen LogP) is 2.00. The van der Waals surface area contributed by atoms with Gasteiger partial charge in [-0.15, -0.1) is 11.6 Å². The number of halogens is 1. The number of imidazole rings is 1. The second kappa shape index (κ2) is 4.90. The highest BCUT2D eigenvalue weighted by molar-refractivity contribution is 6.20. The van der Waals surface area contributed by atoms with Gasteiger partial charge in [0.2, 0.25) is 6.39 Å². The number of rotatable bonds is 4. The monoisotopic (exact) mass is 294 g/mol. The van der Waals surface area contributed by atoms with E-state index in [-0.39, 0.29) is 5.38 Å². The van der Waals surface area contributed by atoms with Gasteiger partial charge in [-0.2, -0.15) is 10.1 Å². The highest BCUT2D eigenvalue weighted by atomic mass is 35.5. The Bertz CT molecular complexity index is 727. The average Bonchev–Trinajstić information content (AvgIpc) is 3.07. The van der Waals surface area contributed by atoms with E-state index in [0.717, 1.165) is 22.7 Å². The predicted molar refractivity (Wildman–Crippen MR) is 73.5 cm³/mol. The van der Waals surface area contributed by atoms with Crippen LogP contribution in [0, 0.1) is 6.92 Å². The Labute approximate surface area is 120 Å². The Kier molecular flexibility index (Phi) is 3.21. The fraction of sp³-hybridized carbons (Fsp3) is 0.500. The molecule has 7 nitrogen and oxygen atoms in total. The molecule has 1 atom stereocenters. The molecule has 0 saturated heterocycles. The number of hydrogen-bond donors (Lipinski definition) is 0. The van der Waals surface area contributed by atoms with Crippen molar-refractivity contribution in [3.05, 3.63) is 23.7 Å². The zero-order valence-corrected chi connectivity index (χ0v) is 12.3. The van der Waals surface area contributed by atoms with Gasteiger partial charge in [0.25, 0.3) is 0 Å². The summed E-state index contributed by atoms with van der Waals surface area (Å²) in [5, 5.41) is 8.05. The molecule has 3 aromatic rings. The van der Waals surface area contributed by atoms with Crippen molar-refractivity contribution in [3.8, 4) is 0 Å². The van der Waals surface area contributed by atoms with Gasteiger partial charge in [0, 0.05) is 20.0 Å². The summed E-state index contributed by atoms with van der Waals surface area (Å²) in [6, 6.07) is 0. The Morgan fingerprint density at radius 1 is 1.45 bits per heavy atom. The van der Waals surface area contributed by atoms with Crippen molar-refractivity contribution >= 4 is 22.8 Å². The largest absolute Gasteiger partial charge is 0.343 e. The van der Waals surface area contributed by atoms with E-state index in [1.807, 2.05) is 25.6 Å². The first-order valence-corrected chi connectivity index (χ1v) is 6.80. The minimum absolute atomic E-state index is 0.174. The summed E-state index contributed by atoms with van der Waals surface area (Å²) in [6.45, 7) is 4.54. The lowest BCUT2D eigenvalue weighted by Crippen LogP contribution is -2.10. The summed E-state index contributed by atoms with van der Waals surface area (Å²) < 4.78 is 8.65. The molecule has 8 heteroatoms. The molecule has 0 aliphatic rings. The van der Waals surface area contributed by atoms with E-state index in [4.69, 9.17) is 16.1 Å². The van der Waals surface area contributed by atoms with Gasteiger partial charge in [-0.1, -0.05) is 5.16 Å². The topological polar surface area (TPSA) is 74.6 Å². The summed E-state index contributed by atoms with van der Waals surface area (Å²) >= 11 is 6.24. The second-order valence-corrected chi connectivity index (χ2v) is 5.37. The lowest BCUT2D eigenvalue weighted by molar-refractivity contribution is 0.408. The first-order chi connectivity index (χ1) is 9.58. The van der Waals surface area contributed by atoms with Crippen LogP contribution in [0.4, 0.5) is 0 Å². The smallest absolute Gasteiger partial charge is 0.213 e. The molecule has 3 rings (SSSR count). The van der Waals surface area contributed by atoms with Crippen LogP contribution in [0.5, 0.6) is 0 Å². The molecule has 0 amide bonds. The lowest BCUT2D eigenvalue weighted by atomic mass is 10.3. The zero-order valence-electron chi connectivity index (χ0n) is 11.5. The number of aromatic nitrogens is 6. The summed E-state index contributed by atoms with van der Waals surface area (Å²) in [7, 11) is 1.91. The molecule has 0 saturated carbocycles. The van der Waals surface area contributed by atoms with Crippen molar-refractivity contribution in [2.45, 2.75) is 32.2 Å². The van der Waals surface area contributed by atoms with Crippen molar-refractivity contribution in [2.24, 2.45) is 7.05 Å². The molecule has 3 aromatic heterocycles. The van der Waals surface area contributed by atoms with Gasteiger partial charge in [-0.25, -0.2) is 4.98 Å². The number of nitrogens with zero attached hydrogens (tertiary/aromatic N) is 6. The van der Waals surface area contributed by atoms with E-state index in [2.05, 4.69) is 24.8 Å². The van der Waals surface area contributed by atoms with Crippen molar-refractivity contribution in [1.29, 1.82) is 0 Å². The van der Waals surface area contributed by atoms with Crippen LogP contribution in [0.25, 0.3) is 11.2 Å².